The van der Waals surface area contributed by atoms with Crippen molar-refractivity contribution in [3.63, 3.8) is 0 Å². The minimum Gasteiger partial charge on any atom is -0.436 e. The second kappa shape index (κ2) is 6.48. The molecule has 106 valence electrons. The summed E-state index contributed by atoms with van der Waals surface area (Å²) in [6.45, 7) is 3.94. The Morgan fingerprint density at radius 3 is 2.75 bits per heavy atom. The van der Waals surface area contributed by atoms with Crippen LogP contribution < -0.4 is 10.5 Å². The van der Waals surface area contributed by atoms with Gasteiger partial charge in [0.1, 0.15) is 0 Å². The van der Waals surface area contributed by atoms with E-state index in [2.05, 4.69) is 11.9 Å². The number of benzene rings is 1. The Balaban J connectivity index is 2.09. The van der Waals surface area contributed by atoms with E-state index in [9.17, 15) is 4.39 Å². The number of ether oxygens (including phenoxy) is 1. The minimum absolute atomic E-state index is 0.137. The number of nitrogens with zero attached hydrogens (tertiary/aromatic N) is 1. The Morgan fingerprint density at radius 2 is 2.10 bits per heavy atom. The molecule has 2 aromatic rings. The van der Waals surface area contributed by atoms with Crippen LogP contribution in [0.5, 0.6) is 11.6 Å². The van der Waals surface area contributed by atoms with Gasteiger partial charge in [-0.1, -0.05) is 19.1 Å². The van der Waals surface area contributed by atoms with Gasteiger partial charge in [-0.15, -0.1) is 0 Å². The maximum Gasteiger partial charge on any atom is 0.219 e. The fourth-order valence-corrected chi connectivity index (χ4v) is 1.84. The van der Waals surface area contributed by atoms with E-state index >= 15 is 0 Å². The number of aromatic nitrogens is 1. The molecule has 1 atom stereocenters. The van der Waals surface area contributed by atoms with Gasteiger partial charge in [0.2, 0.25) is 5.88 Å². The predicted octanol–water partition coefficient (Wildman–Crippen LogP) is 3.60. The number of halogens is 1. The van der Waals surface area contributed by atoms with Crippen molar-refractivity contribution in [2.24, 2.45) is 5.73 Å². The molecule has 0 aliphatic heterocycles. The number of hydrogen-bond donors (Lipinski definition) is 1. The first kappa shape index (κ1) is 14.5. The van der Waals surface area contributed by atoms with Crippen molar-refractivity contribution in [2.75, 3.05) is 0 Å². The van der Waals surface area contributed by atoms with Crippen molar-refractivity contribution in [1.82, 2.24) is 4.98 Å². The highest BCUT2D eigenvalue weighted by atomic mass is 19.1. The zero-order valence-electron chi connectivity index (χ0n) is 11.8. The molecular formula is C16H19FN2O. The summed E-state index contributed by atoms with van der Waals surface area (Å²) >= 11 is 0. The molecule has 0 bridgehead atoms. The fraction of sp³-hybridized carbons (Fsp3) is 0.312. The van der Waals surface area contributed by atoms with E-state index in [0.717, 1.165) is 24.0 Å². The van der Waals surface area contributed by atoms with Gasteiger partial charge in [0.25, 0.3) is 0 Å². The fourth-order valence-electron chi connectivity index (χ4n) is 1.84. The van der Waals surface area contributed by atoms with E-state index in [1.807, 2.05) is 13.0 Å². The van der Waals surface area contributed by atoms with Gasteiger partial charge in [-0.2, -0.15) is 0 Å². The average Bonchev–Trinajstić information content (AvgIpc) is 2.45. The lowest BCUT2D eigenvalue weighted by Gasteiger charge is -2.10. The summed E-state index contributed by atoms with van der Waals surface area (Å²) in [6, 6.07) is 8.52. The third-order valence-electron chi connectivity index (χ3n) is 3.12. The van der Waals surface area contributed by atoms with Crippen molar-refractivity contribution < 1.29 is 9.13 Å². The van der Waals surface area contributed by atoms with Crippen LogP contribution in [0.15, 0.2) is 36.5 Å². The van der Waals surface area contributed by atoms with Gasteiger partial charge in [0.05, 0.1) is 0 Å². The van der Waals surface area contributed by atoms with Gasteiger partial charge in [0.15, 0.2) is 11.6 Å². The first-order valence-corrected chi connectivity index (χ1v) is 6.73. The zero-order valence-corrected chi connectivity index (χ0v) is 11.8. The molecule has 0 saturated heterocycles. The number of rotatable bonds is 5. The Morgan fingerprint density at radius 1 is 1.30 bits per heavy atom. The molecule has 0 aliphatic rings. The summed E-state index contributed by atoms with van der Waals surface area (Å²) in [7, 11) is 0. The van der Waals surface area contributed by atoms with E-state index in [4.69, 9.17) is 10.5 Å². The molecule has 20 heavy (non-hydrogen) atoms. The molecule has 3 nitrogen and oxygen atoms in total. The number of hydrogen-bond acceptors (Lipinski definition) is 3. The van der Waals surface area contributed by atoms with E-state index < -0.39 is 5.82 Å². The molecular weight excluding hydrogens is 255 g/mol. The van der Waals surface area contributed by atoms with Crippen LogP contribution in [0.25, 0.3) is 0 Å². The zero-order chi connectivity index (χ0) is 14.5. The summed E-state index contributed by atoms with van der Waals surface area (Å²) in [4.78, 5) is 4.19. The molecule has 4 heteroatoms. The molecule has 1 aromatic heterocycles. The molecule has 1 heterocycles. The first-order chi connectivity index (χ1) is 9.58. The molecule has 0 aliphatic carbocycles. The maximum absolute atomic E-state index is 13.6. The normalized spacial score (nSPS) is 12.2. The molecule has 2 N–H and O–H groups in total. The monoisotopic (exact) mass is 274 g/mol. The van der Waals surface area contributed by atoms with Crippen LogP contribution in [0, 0.1) is 12.7 Å². The maximum atomic E-state index is 13.6. The van der Waals surface area contributed by atoms with Gasteiger partial charge in [-0.05, 0) is 43.0 Å². The van der Waals surface area contributed by atoms with E-state index in [1.165, 1.54) is 6.07 Å². The Bertz CT molecular complexity index is 569. The number of aryl methyl sites for hydroxylation is 1. The third kappa shape index (κ3) is 3.78. The van der Waals surface area contributed by atoms with Crippen LogP contribution >= 0.6 is 0 Å². The van der Waals surface area contributed by atoms with Gasteiger partial charge >= 0.3 is 0 Å². The van der Waals surface area contributed by atoms with E-state index in [1.54, 1.807) is 24.4 Å². The first-order valence-electron chi connectivity index (χ1n) is 6.73. The number of nitrogens with two attached hydrogens (primary N) is 1. The highest BCUT2D eigenvalue weighted by molar-refractivity contribution is 5.33. The SMILES string of the molecule is CCC(N)Cc1ccc(Oc2cc(C)ccc2F)nc1. The van der Waals surface area contributed by atoms with Crippen LogP contribution in [-0.2, 0) is 6.42 Å². The molecule has 0 saturated carbocycles. The van der Waals surface area contributed by atoms with Gasteiger partial charge in [-0.25, -0.2) is 9.37 Å². The minimum atomic E-state index is -0.394. The standard InChI is InChI=1S/C16H19FN2O/c1-3-13(18)9-12-5-7-16(19-10-12)20-15-8-11(2)4-6-14(15)17/h4-8,10,13H,3,9,18H2,1-2H3. The lowest BCUT2D eigenvalue weighted by Crippen LogP contribution is -2.21. The second-order valence-corrected chi connectivity index (χ2v) is 4.91. The largest absolute Gasteiger partial charge is 0.436 e. The summed E-state index contributed by atoms with van der Waals surface area (Å²) in [5, 5.41) is 0. The highest BCUT2D eigenvalue weighted by Crippen LogP contribution is 2.24. The second-order valence-electron chi connectivity index (χ2n) is 4.91. The Labute approximate surface area is 118 Å². The average molecular weight is 274 g/mol. The van der Waals surface area contributed by atoms with Crippen LogP contribution in [-0.4, -0.2) is 11.0 Å². The van der Waals surface area contributed by atoms with Crippen molar-refractivity contribution in [3.05, 3.63) is 53.5 Å². The summed E-state index contributed by atoms with van der Waals surface area (Å²) < 4.78 is 19.0. The summed E-state index contributed by atoms with van der Waals surface area (Å²) in [5.41, 5.74) is 7.88. The van der Waals surface area contributed by atoms with Crippen molar-refractivity contribution in [3.8, 4) is 11.6 Å². The molecule has 2 rings (SSSR count). The highest BCUT2D eigenvalue weighted by Gasteiger charge is 2.07. The van der Waals surface area contributed by atoms with Crippen molar-refractivity contribution in [2.45, 2.75) is 32.7 Å². The molecule has 0 spiro atoms. The molecule has 0 fully saturated rings. The van der Waals surface area contributed by atoms with Crippen LogP contribution in [0.2, 0.25) is 0 Å². The van der Waals surface area contributed by atoms with Gasteiger partial charge < -0.3 is 10.5 Å². The lowest BCUT2D eigenvalue weighted by atomic mass is 10.1. The van der Waals surface area contributed by atoms with Crippen LogP contribution in [0.3, 0.4) is 0 Å². The molecule has 1 aromatic carbocycles. The van der Waals surface area contributed by atoms with Gasteiger partial charge in [0, 0.05) is 18.3 Å². The predicted molar refractivity (Wildman–Crippen MR) is 77.4 cm³/mol. The van der Waals surface area contributed by atoms with E-state index in [0.29, 0.717) is 5.88 Å². The van der Waals surface area contributed by atoms with Crippen molar-refractivity contribution in [1.29, 1.82) is 0 Å². The van der Waals surface area contributed by atoms with Crippen molar-refractivity contribution >= 4 is 0 Å². The lowest BCUT2D eigenvalue weighted by molar-refractivity contribution is 0.426. The van der Waals surface area contributed by atoms with Crippen LogP contribution in [0.1, 0.15) is 24.5 Å². The van der Waals surface area contributed by atoms with Crippen LogP contribution in [0.4, 0.5) is 4.39 Å². The van der Waals surface area contributed by atoms with Gasteiger partial charge in [-0.3, -0.25) is 0 Å². The number of pyridine rings is 1. The Hall–Kier alpha value is -1.94. The molecule has 0 radical (unpaired) electrons. The topological polar surface area (TPSA) is 48.1 Å². The van der Waals surface area contributed by atoms with E-state index in [-0.39, 0.29) is 11.8 Å². The smallest absolute Gasteiger partial charge is 0.219 e. The molecule has 0 amide bonds. The summed E-state index contributed by atoms with van der Waals surface area (Å²) in [6.07, 6.45) is 3.42. The Kier molecular flexibility index (Phi) is 4.69. The summed E-state index contributed by atoms with van der Waals surface area (Å²) in [5.74, 6) is 0.174. The third-order valence-corrected chi connectivity index (χ3v) is 3.12. The molecule has 1 unspecified atom stereocenters. The quantitative estimate of drug-likeness (QED) is 0.906.